The second kappa shape index (κ2) is 5.79. The Bertz CT molecular complexity index is 629. The van der Waals surface area contributed by atoms with Crippen LogP contribution in [-0.2, 0) is 30.7 Å². The highest BCUT2D eigenvalue weighted by Crippen LogP contribution is 2.41. The molecule has 0 bridgehead atoms. The van der Waals surface area contributed by atoms with E-state index in [9.17, 15) is 22.8 Å². The Kier molecular flexibility index (Phi) is 4.41. The second-order valence-electron chi connectivity index (χ2n) is 6.52. The van der Waals surface area contributed by atoms with E-state index in [2.05, 4.69) is 0 Å². The van der Waals surface area contributed by atoms with Crippen LogP contribution in [0.1, 0.15) is 45.2 Å². The van der Waals surface area contributed by atoms with E-state index >= 15 is 0 Å². The van der Waals surface area contributed by atoms with E-state index in [1.807, 2.05) is 0 Å². The maximum atomic E-state index is 12.7. The number of carbonyl (C=O) groups is 2. The zero-order valence-corrected chi connectivity index (χ0v) is 13.9. The highest BCUT2D eigenvalue weighted by Gasteiger charge is 2.52. The molecule has 1 fully saturated rings. The lowest BCUT2D eigenvalue weighted by Gasteiger charge is -2.41. The lowest BCUT2D eigenvalue weighted by atomic mass is 9.69. The molecule has 2 rings (SSSR count). The van der Waals surface area contributed by atoms with E-state index in [-0.39, 0.29) is 0 Å². The summed E-state index contributed by atoms with van der Waals surface area (Å²) >= 11 is 0. The van der Waals surface area contributed by atoms with Gasteiger partial charge in [0, 0.05) is 19.3 Å². The third kappa shape index (κ3) is 3.25. The zero-order valence-electron chi connectivity index (χ0n) is 13.9. The van der Waals surface area contributed by atoms with Crippen molar-refractivity contribution in [1.82, 2.24) is 0 Å². The Morgan fingerprint density at radius 1 is 1.00 bits per heavy atom. The van der Waals surface area contributed by atoms with Gasteiger partial charge in [-0.1, -0.05) is 26.0 Å². The summed E-state index contributed by atoms with van der Waals surface area (Å²) in [4.78, 5) is 24.6. The fourth-order valence-electron chi connectivity index (χ4n) is 2.85. The van der Waals surface area contributed by atoms with E-state index in [1.165, 1.54) is 26.0 Å². The molecule has 7 heteroatoms. The summed E-state index contributed by atoms with van der Waals surface area (Å²) in [5.41, 5.74) is -1.38. The molecular weight excluding hydrogens is 325 g/mol. The van der Waals surface area contributed by atoms with Gasteiger partial charge in [0.2, 0.25) is 0 Å². The quantitative estimate of drug-likeness (QED) is 0.618. The summed E-state index contributed by atoms with van der Waals surface area (Å²) in [5.74, 6) is -4.05. The van der Waals surface area contributed by atoms with Crippen LogP contribution in [0, 0.1) is 5.92 Å². The van der Waals surface area contributed by atoms with Crippen molar-refractivity contribution in [1.29, 1.82) is 0 Å². The van der Waals surface area contributed by atoms with E-state index < -0.39 is 40.8 Å². The summed E-state index contributed by atoms with van der Waals surface area (Å²) in [6.07, 6.45) is -4.11. The molecule has 0 saturated carbocycles. The van der Waals surface area contributed by atoms with Crippen molar-refractivity contribution >= 4 is 11.9 Å². The number of hydrogen-bond acceptors (Lipinski definition) is 4. The maximum Gasteiger partial charge on any atom is 0.416 e. The van der Waals surface area contributed by atoms with Crippen molar-refractivity contribution in [3.8, 4) is 0 Å². The second-order valence-corrected chi connectivity index (χ2v) is 6.52. The minimum absolute atomic E-state index is 0.341. The van der Waals surface area contributed by atoms with Crippen LogP contribution in [0.2, 0.25) is 0 Å². The van der Waals surface area contributed by atoms with Gasteiger partial charge in [0.15, 0.2) is 5.92 Å². The monoisotopic (exact) mass is 344 g/mol. The number of alkyl halides is 3. The predicted molar refractivity (Wildman–Crippen MR) is 78.8 cm³/mol. The van der Waals surface area contributed by atoms with Gasteiger partial charge in [-0.25, -0.2) is 0 Å². The summed E-state index contributed by atoms with van der Waals surface area (Å²) in [6, 6.07) is 4.44. The minimum atomic E-state index is -4.45. The maximum absolute atomic E-state index is 12.7. The van der Waals surface area contributed by atoms with Gasteiger partial charge in [-0.3, -0.25) is 9.59 Å². The average molecular weight is 344 g/mol. The molecule has 0 aromatic heterocycles. The van der Waals surface area contributed by atoms with Gasteiger partial charge in [-0.15, -0.1) is 0 Å². The fourth-order valence-corrected chi connectivity index (χ4v) is 2.85. The van der Waals surface area contributed by atoms with Crippen LogP contribution in [0.4, 0.5) is 13.2 Å². The van der Waals surface area contributed by atoms with Crippen molar-refractivity contribution in [3.05, 3.63) is 35.4 Å². The summed E-state index contributed by atoms with van der Waals surface area (Å²) in [6.45, 7) is 6.28. The number of carbonyl (C=O) groups excluding carboxylic acids is 2. The zero-order chi connectivity index (χ0) is 18.3. The highest BCUT2D eigenvalue weighted by atomic mass is 19.4. The van der Waals surface area contributed by atoms with Gasteiger partial charge in [-0.2, -0.15) is 13.2 Å². The molecule has 0 N–H and O–H groups in total. The van der Waals surface area contributed by atoms with E-state index in [0.717, 1.165) is 12.1 Å². The molecule has 1 saturated heterocycles. The van der Waals surface area contributed by atoms with Crippen LogP contribution in [0.5, 0.6) is 0 Å². The van der Waals surface area contributed by atoms with E-state index in [0.29, 0.717) is 12.0 Å². The van der Waals surface area contributed by atoms with E-state index in [1.54, 1.807) is 13.8 Å². The van der Waals surface area contributed by atoms with Crippen LogP contribution in [0.3, 0.4) is 0 Å². The standard InChI is InChI=1S/C17H19F3O4/c1-5-16(4,10-6-8-11(9-7-10)17(18,19)20)12-13(21)23-15(2,3)24-14(12)22/h6-9,12H,5H2,1-4H3/t16-/m0/s1. The Labute approximate surface area is 137 Å². The van der Waals surface area contributed by atoms with Gasteiger partial charge in [-0.05, 0) is 24.1 Å². The number of halogens is 3. The molecule has 0 unspecified atom stereocenters. The lowest BCUT2D eigenvalue weighted by molar-refractivity contribution is -0.243. The average Bonchev–Trinajstić information content (AvgIpc) is 2.44. The molecule has 0 spiro atoms. The summed E-state index contributed by atoms with van der Waals surface area (Å²) in [5, 5.41) is 0. The smallest absolute Gasteiger partial charge is 0.416 e. The molecule has 1 heterocycles. The Hall–Kier alpha value is -2.05. The number of rotatable bonds is 3. The topological polar surface area (TPSA) is 52.6 Å². The largest absolute Gasteiger partial charge is 0.422 e. The lowest BCUT2D eigenvalue weighted by Crippen LogP contribution is -2.53. The molecule has 132 valence electrons. The Morgan fingerprint density at radius 3 is 1.79 bits per heavy atom. The molecule has 0 amide bonds. The van der Waals surface area contributed by atoms with Crippen molar-refractivity contribution in [2.75, 3.05) is 0 Å². The molecule has 24 heavy (non-hydrogen) atoms. The first-order valence-corrected chi connectivity index (χ1v) is 7.54. The number of esters is 2. The molecule has 1 aromatic carbocycles. The van der Waals surface area contributed by atoms with Crippen LogP contribution in [-0.4, -0.2) is 17.7 Å². The number of hydrogen-bond donors (Lipinski definition) is 0. The van der Waals surface area contributed by atoms with Crippen LogP contribution in [0.25, 0.3) is 0 Å². The first-order valence-electron chi connectivity index (χ1n) is 7.54. The molecule has 4 nitrogen and oxygen atoms in total. The van der Waals surface area contributed by atoms with Crippen molar-refractivity contribution in [2.24, 2.45) is 5.92 Å². The molecular formula is C17H19F3O4. The van der Waals surface area contributed by atoms with Crippen LogP contribution in [0.15, 0.2) is 24.3 Å². The predicted octanol–water partition coefficient (Wildman–Crippen LogP) is 3.83. The molecule has 1 aromatic rings. The molecule has 1 atom stereocenters. The third-order valence-electron chi connectivity index (χ3n) is 4.41. The molecule has 1 aliphatic heterocycles. The van der Waals surface area contributed by atoms with Crippen molar-refractivity contribution in [2.45, 2.75) is 51.5 Å². The number of benzene rings is 1. The van der Waals surface area contributed by atoms with Crippen molar-refractivity contribution in [3.63, 3.8) is 0 Å². The SMILES string of the molecule is CC[C@@](C)(c1ccc(C(F)(F)F)cc1)C1C(=O)OC(C)(C)OC1=O. The summed E-state index contributed by atoms with van der Waals surface area (Å²) in [7, 11) is 0. The first-order chi connectivity index (χ1) is 10.9. The van der Waals surface area contributed by atoms with Crippen molar-refractivity contribution < 1.29 is 32.2 Å². The van der Waals surface area contributed by atoms with Gasteiger partial charge in [0.25, 0.3) is 5.79 Å². The Morgan fingerprint density at radius 2 is 1.42 bits per heavy atom. The molecule has 0 radical (unpaired) electrons. The first kappa shape index (κ1) is 18.3. The summed E-state index contributed by atoms with van der Waals surface area (Å²) < 4.78 is 48.4. The fraction of sp³-hybridized carbons (Fsp3) is 0.529. The molecule has 1 aliphatic rings. The normalized spacial score (nSPS) is 21.0. The van der Waals surface area contributed by atoms with Gasteiger partial charge in [0.05, 0.1) is 5.56 Å². The highest BCUT2D eigenvalue weighted by molar-refractivity contribution is 5.98. The Balaban J connectivity index is 2.41. The van der Waals surface area contributed by atoms with Crippen LogP contribution >= 0.6 is 0 Å². The van der Waals surface area contributed by atoms with Crippen LogP contribution < -0.4 is 0 Å². The molecule has 0 aliphatic carbocycles. The van der Waals surface area contributed by atoms with Gasteiger partial charge < -0.3 is 9.47 Å². The van der Waals surface area contributed by atoms with Gasteiger partial charge >= 0.3 is 18.1 Å². The minimum Gasteiger partial charge on any atom is -0.422 e. The number of ether oxygens (including phenoxy) is 2. The van der Waals surface area contributed by atoms with Gasteiger partial charge in [0.1, 0.15) is 0 Å². The third-order valence-corrected chi connectivity index (χ3v) is 4.41. The number of cyclic esters (lactones) is 2. The van der Waals surface area contributed by atoms with E-state index in [4.69, 9.17) is 9.47 Å².